The van der Waals surface area contributed by atoms with E-state index < -0.39 is 29.4 Å². The second-order valence-corrected chi connectivity index (χ2v) is 11.5. The van der Waals surface area contributed by atoms with Crippen LogP contribution in [0.1, 0.15) is 55.2 Å². The molecule has 3 aromatic heterocycles. The molecule has 3 N–H and O–H groups in total. The summed E-state index contributed by atoms with van der Waals surface area (Å²) < 4.78 is 42.7. The van der Waals surface area contributed by atoms with E-state index in [1.165, 1.54) is 23.1 Å². The molecule has 1 aliphatic carbocycles. The average molecular weight is 585 g/mol. The van der Waals surface area contributed by atoms with Crippen LogP contribution in [0.2, 0.25) is 5.02 Å². The van der Waals surface area contributed by atoms with Crippen LogP contribution in [0.15, 0.2) is 36.7 Å². The number of aliphatic hydroxyl groups is 1. The molecule has 0 spiro atoms. The largest absolute Gasteiger partial charge is 0.396 e. The summed E-state index contributed by atoms with van der Waals surface area (Å²) in [5, 5.41) is 35.2. The number of rotatable bonds is 10. The molecule has 41 heavy (non-hydrogen) atoms. The van der Waals surface area contributed by atoms with Gasteiger partial charge in [-0.25, -0.2) is 18.4 Å². The number of hydrogen-bond acceptors (Lipinski definition) is 8. The molecule has 4 aromatic rings. The van der Waals surface area contributed by atoms with Crippen molar-refractivity contribution in [2.45, 2.75) is 51.6 Å². The number of hydrogen-bond donors (Lipinski definition) is 3. The Hall–Kier alpha value is -3.95. The highest BCUT2D eigenvalue weighted by Crippen LogP contribution is 2.48. The minimum atomic E-state index is -2.60. The normalized spacial score (nSPS) is 15.1. The molecule has 214 valence electrons. The van der Waals surface area contributed by atoms with Gasteiger partial charge in [-0.15, -0.1) is 5.10 Å². The SMILES string of the molecule is Cc1nc(F)ccc1[C@H](Nc1cc(Cl)c2ncc(C#N)c(NCC(C)(C)CO)c2c1)c1cn(C2(C(F)F)CC2)nn1. The van der Waals surface area contributed by atoms with Crippen molar-refractivity contribution in [1.82, 2.24) is 25.0 Å². The quantitative estimate of drug-likeness (QED) is 0.206. The Morgan fingerprint density at radius 2 is 2.02 bits per heavy atom. The van der Waals surface area contributed by atoms with Gasteiger partial charge in [0.2, 0.25) is 5.95 Å². The van der Waals surface area contributed by atoms with E-state index in [9.17, 15) is 23.5 Å². The van der Waals surface area contributed by atoms with Crippen molar-refractivity contribution in [2.75, 3.05) is 23.8 Å². The Morgan fingerprint density at radius 1 is 1.27 bits per heavy atom. The monoisotopic (exact) mass is 584 g/mol. The number of nitrogens with one attached hydrogen (secondary N) is 2. The number of nitriles is 1. The fraction of sp³-hybridized carbons (Fsp3) is 0.393. The number of aromatic nitrogens is 5. The highest BCUT2D eigenvalue weighted by atomic mass is 35.5. The lowest BCUT2D eigenvalue weighted by Gasteiger charge is -2.24. The van der Waals surface area contributed by atoms with Crippen LogP contribution in [-0.4, -0.2) is 49.6 Å². The Balaban J connectivity index is 1.60. The van der Waals surface area contributed by atoms with Gasteiger partial charge < -0.3 is 15.7 Å². The lowest BCUT2D eigenvalue weighted by molar-refractivity contribution is 0.0593. The molecule has 5 rings (SSSR count). The van der Waals surface area contributed by atoms with E-state index in [1.54, 1.807) is 25.1 Å². The number of halogens is 4. The molecule has 1 aromatic carbocycles. The third-order valence-corrected chi connectivity index (χ3v) is 7.65. The lowest BCUT2D eigenvalue weighted by Crippen LogP contribution is -2.27. The number of anilines is 2. The van der Waals surface area contributed by atoms with Gasteiger partial charge in [0.25, 0.3) is 6.43 Å². The first-order chi connectivity index (χ1) is 19.5. The standard InChI is InChI=1S/C28H28ClF3N8O/c1-15-18(4-5-22(30)36-15)25(21-12-40(39-38-21)28(6-7-28)26(31)32)37-17-8-19-23(35-13-27(2,3)14-41)16(10-33)11-34-24(19)20(29)9-17/h4-5,8-9,11-12,25-26,37,41H,6-7,13-14H2,1-3H3,(H,34,35)/t25-/m0/s1. The van der Waals surface area contributed by atoms with Gasteiger partial charge in [-0.3, -0.25) is 4.98 Å². The third-order valence-electron chi connectivity index (χ3n) is 7.36. The van der Waals surface area contributed by atoms with Crippen LogP contribution in [0.25, 0.3) is 10.9 Å². The summed E-state index contributed by atoms with van der Waals surface area (Å²) in [6, 6.07) is 7.56. The number of nitrogens with zero attached hydrogens (tertiary/aromatic N) is 6. The topological polar surface area (TPSA) is 125 Å². The smallest absolute Gasteiger partial charge is 0.263 e. The first kappa shape index (κ1) is 28.6. The average Bonchev–Trinajstić information content (AvgIpc) is 3.61. The van der Waals surface area contributed by atoms with E-state index in [0.29, 0.717) is 69.2 Å². The van der Waals surface area contributed by atoms with Crippen molar-refractivity contribution in [3.63, 3.8) is 0 Å². The fourth-order valence-corrected chi connectivity index (χ4v) is 4.90. The Labute approximate surface area is 239 Å². The molecule has 1 atom stereocenters. The zero-order valence-electron chi connectivity index (χ0n) is 22.6. The summed E-state index contributed by atoms with van der Waals surface area (Å²) in [7, 11) is 0. The molecule has 0 amide bonds. The van der Waals surface area contributed by atoms with Gasteiger partial charge in [0.1, 0.15) is 17.3 Å². The van der Waals surface area contributed by atoms with Crippen molar-refractivity contribution >= 4 is 33.9 Å². The lowest BCUT2D eigenvalue weighted by atomic mass is 9.94. The minimum absolute atomic E-state index is 0.0707. The van der Waals surface area contributed by atoms with Crippen molar-refractivity contribution in [3.8, 4) is 6.07 Å². The van der Waals surface area contributed by atoms with Crippen LogP contribution in [0, 0.1) is 29.6 Å². The first-order valence-corrected chi connectivity index (χ1v) is 13.3. The number of aliphatic hydroxyl groups excluding tert-OH is 1. The van der Waals surface area contributed by atoms with Crippen molar-refractivity contribution in [1.29, 1.82) is 5.26 Å². The molecule has 1 saturated carbocycles. The highest BCUT2D eigenvalue weighted by Gasteiger charge is 2.54. The maximum absolute atomic E-state index is 13.9. The molecule has 3 heterocycles. The van der Waals surface area contributed by atoms with Crippen LogP contribution in [0.4, 0.5) is 24.5 Å². The first-order valence-electron chi connectivity index (χ1n) is 13.0. The molecule has 1 fully saturated rings. The summed E-state index contributed by atoms with van der Waals surface area (Å²) >= 11 is 6.65. The molecule has 1 aliphatic rings. The van der Waals surface area contributed by atoms with E-state index in [-0.39, 0.29) is 6.61 Å². The molecule has 0 bridgehead atoms. The predicted octanol–water partition coefficient (Wildman–Crippen LogP) is 5.58. The van der Waals surface area contributed by atoms with Crippen LogP contribution >= 0.6 is 11.6 Å². The predicted molar refractivity (Wildman–Crippen MR) is 148 cm³/mol. The van der Waals surface area contributed by atoms with Gasteiger partial charge in [0, 0.05) is 47.1 Å². The second kappa shape index (κ2) is 10.8. The molecule has 0 aliphatic heterocycles. The molecular weight excluding hydrogens is 557 g/mol. The Kier molecular flexibility index (Phi) is 7.52. The zero-order valence-corrected chi connectivity index (χ0v) is 23.3. The summed E-state index contributed by atoms with van der Waals surface area (Å²) in [5.41, 5.74) is 1.17. The van der Waals surface area contributed by atoms with Crippen molar-refractivity contribution < 1.29 is 18.3 Å². The Bertz CT molecular complexity index is 1650. The third kappa shape index (κ3) is 5.52. The number of aryl methyl sites for hydroxylation is 1. The van der Waals surface area contributed by atoms with Crippen LogP contribution in [0.3, 0.4) is 0 Å². The fourth-order valence-electron chi connectivity index (χ4n) is 4.63. The van der Waals surface area contributed by atoms with Crippen LogP contribution in [0.5, 0.6) is 0 Å². The molecule has 9 nitrogen and oxygen atoms in total. The second-order valence-electron chi connectivity index (χ2n) is 11.1. The van der Waals surface area contributed by atoms with Crippen molar-refractivity contribution in [2.24, 2.45) is 5.41 Å². The van der Waals surface area contributed by atoms with Crippen LogP contribution in [-0.2, 0) is 5.54 Å². The maximum atomic E-state index is 13.9. The summed E-state index contributed by atoms with van der Waals surface area (Å²) in [4.78, 5) is 8.30. The number of alkyl halides is 2. The summed E-state index contributed by atoms with van der Waals surface area (Å²) in [6.07, 6.45) is 0.892. The van der Waals surface area contributed by atoms with E-state index >= 15 is 0 Å². The van der Waals surface area contributed by atoms with E-state index in [2.05, 4.69) is 37.0 Å². The Morgan fingerprint density at radius 3 is 2.66 bits per heavy atom. The molecule has 0 unspecified atom stereocenters. The zero-order chi connectivity index (χ0) is 29.5. The van der Waals surface area contributed by atoms with E-state index in [0.717, 1.165) is 0 Å². The molecule has 0 radical (unpaired) electrons. The number of benzene rings is 1. The van der Waals surface area contributed by atoms with Gasteiger partial charge in [0.05, 0.1) is 34.0 Å². The van der Waals surface area contributed by atoms with Gasteiger partial charge in [-0.05, 0) is 38.0 Å². The van der Waals surface area contributed by atoms with Crippen molar-refractivity contribution in [3.05, 3.63) is 70.1 Å². The van der Waals surface area contributed by atoms with E-state index in [1.807, 2.05) is 13.8 Å². The number of pyridine rings is 2. The van der Waals surface area contributed by atoms with Gasteiger partial charge in [-0.2, -0.15) is 9.65 Å². The van der Waals surface area contributed by atoms with Crippen LogP contribution < -0.4 is 10.6 Å². The molecule has 0 saturated heterocycles. The summed E-state index contributed by atoms with van der Waals surface area (Å²) in [6.45, 7) is 5.70. The van der Waals surface area contributed by atoms with E-state index in [4.69, 9.17) is 11.6 Å². The molecular formula is C28H28ClF3N8O. The highest BCUT2D eigenvalue weighted by molar-refractivity contribution is 6.35. The van der Waals surface area contributed by atoms with Gasteiger partial charge in [-0.1, -0.05) is 36.7 Å². The maximum Gasteiger partial charge on any atom is 0.263 e. The molecule has 13 heteroatoms. The summed E-state index contributed by atoms with van der Waals surface area (Å²) in [5.74, 6) is -0.659. The van der Waals surface area contributed by atoms with Gasteiger partial charge in [0.15, 0.2) is 0 Å². The number of fused-ring (bicyclic) bond motifs is 1. The van der Waals surface area contributed by atoms with Gasteiger partial charge >= 0.3 is 0 Å². The minimum Gasteiger partial charge on any atom is -0.396 e.